The number of hydrogen-bond donors (Lipinski definition) is 0. The molecule has 1 fully saturated rings. The van der Waals surface area contributed by atoms with Gasteiger partial charge in [0.1, 0.15) is 5.75 Å². The third-order valence-corrected chi connectivity index (χ3v) is 5.37. The smallest absolute Gasteiger partial charge is 0.227 e. The van der Waals surface area contributed by atoms with Gasteiger partial charge in [-0.25, -0.2) is 0 Å². The van der Waals surface area contributed by atoms with Gasteiger partial charge in [-0.15, -0.1) is 11.3 Å². The number of carbonyl (C=O) groups is 1. The predicted molar refractivity (Wildman–Crippen MR) is 97.6 cm³/mol. The molecule has 1 aliphatic heterocycles. The second-order valence-corrected chi connectivity index (χ2v) is 7.25. The van der Waals surface area contributed by atoms with Gasteiger partial charge in [0, 0.05) is 37.6 Å². The van der Waals surface area contributed by atoms with Gasteiger partial charge in [0.15, 0.2) is 0 Å². The quantitative estimate of drug-likeness (QED) is 0.836. The van der Waals surface area contributed by atoms with Gasteiger partial charge in [0.2, 0.25) is 5.91 Å². The maximum Gasteiger partial charge on any atom is 0.227 e. The first kappa shape index (κ1) is 17.0. The zero-order valence-corrected chi connectivity index (χ0v) is 15.1. The van der Waals surface area contributed by atoms with Crippen LogP contribution in [0.5, 0.6) is 5.75 Å². The standard InChI is InChI=1S/C19H24N2O2S/c1-15-12-16(5-6-18(15)23-2)14-20-7-9-21(10-8-20)19(22)13-17-4-3-11-24-17/h3-6,11-12H,7-10,13-14H2,1-2H3. The van der Waals surface area contributed by atoms with Gasteiger partial charge in [-0.3, -0.25) is 9.69 Å². The summed E-state index contributed by atoms with van der Waals surface area (Å²) in [7, 11) is 1.70. The van der Waals surface area contributed by atoms with E-state index in [-0.39, 0.29) is 5.91 Å². The van der Waals surface area contributed by atoms with Crippen molar-refractivity contribution in [2.24, 2.45) is 0 Å². The molecule has 1 aromatic carbocycles. The van der Waals surface area contributed by atoms with Crippen molar-refractivity contribution in [3.8, 4) is 5.75 Å². The Labute approximate surface area is 147 Å². The van der Waals surface area contributed by atoms with Crippen LogP contribution in [0.1, 0.15) is 16.0 Å². The fourth-order valence-corrected chi connectivity index (χ4v) is 3.82. The van der Waals surface area contributed by atoms with Crippen molar-refractivity contribution in [1.82, 2.24) is 9.80 Å². The second-order valence-electron chi connectivity index (χ2n) is 6.22. The Balaban J connectivity index is 1.50. The Morgan fingerprint density at radius 2 is 2.00 bits per heavy atom. The minimum absolute atomic E-state index is 0.248. The molecule has 0 spiro atoms. The normalized spacial score (nSPS) is 15.5. The molecule has 0 N–H and O–H groups in total. The van der Waals surface area contributed by atoms with Gasteiger partial charge in [-0.2, -0.15) is 0 Å². The van der Waals surface area contributed by atoms with Crippen LogP contribution in [0.4, 0.5) is 0 Å². The summed E-state index contributed by atoms with van der Waals surface area (Å²) in [5.74, 6) is 1.18. The largest absolute Gasteiger partial charge is 0.496 e. The maximum absolute atomic E-state index is 12.3. The van der Waals surface area contributed by atoms with Gasteiger partial charge in [0.05, 0.1) is 13.5 Å². The fraction of sp³-hybridized carbons (Fsp3) is 0.421. The summed E-state index contributed by atoms with van der Waals surface area (Å²) in [5.41, 5.74) is 2.46. The minimum atomic E-state index is 0.248. The van der Waals surface area contributed by atoms with Crippen LogP contribution in [-0.4, -0.2) is 49.0 Å². The molecule has 128 valence electrons. The highest BCUT2D eigenvalue weighted by Gasteiger charge is 2.21. The zero-order valence-electron chi connectivity index (χ0n) is 14.3. The number of thiophene rings is 1. The molecule has 0 bridgehead atoms. The van der Waals surface area contributed by atoms with Gasteiger partial charge < -0.3 is 9.64 Å². The van der Waals surface area contributed by atoms with Crippen molar-refractivity contribution in [3.63, 3.8) is 0 Å². The molecule has 1 amide bonds. The van der Waals surface area contributed by atoms with Crippen molar-refractivity contribution >= 4 is 17.2 Å². The highest BCUT2D eigenvalue weighted by Crippen LogP contribution is 2.20. The Hall–Kier alpha value is -1.85. The molecule has 24 heavy (non-hydrogen) atoms. The monoisotopic (exact) mass is 344 g/mol. The lowest BCUT2D eigenvalue weighted by Gasteiger charge is -2.34. The van der Waals surface area contributed by atoms with Gasteiger partial charge in [-0.05, 0) is 35.6 Å². The average molecular weight is 344 g/mol. The Bertz CT molecular complexity index is 677. The number of carbonyl (C=O) groups excluding carboxylic acids is 1. The molecule has 4 nitrogen and oxygen atoms in total. The van der Waals surface area contributed by atoms with Crippen LogP contribution >= 0.6 is 11.3 Å². The lowest BCUT2D eigenvalue weighted by atomic mass is 10.1. The Morgan fingerprint density at radius 3 is 2.62 bits per heavy atom. The van der Waals surface area contributed by atoms with E-state index in [1.807, 2.05) is 28.5 Å². The molecule has 0 radical (unpaired) electrons. The summed E-state index contributed by atoms with van der Waals surface area (Å²) >= 11 is 1.65. The first-order chi connectivity index (χ1) is 11.7. The van der Waals surface area contributed by atoms with Crippen LogP contribution in [-0.2, 0) is 17.8 Å². The van der Waals surface area contributed by atoms with Crippen molar-refractivity contribution in [1.29, 1.82) is 0 Å². The van der Waals surface area contributed by atoms with Gasteiger partial charge in [0.25, 0.3) is 0 Å². The number of nitrogens with zero attached hydrogens (tertiary/aromatic N) is 2. The van der Waals surface area contributed by atoms with Crippen LogP contribution in [0.25, 0.3) is 0 Å². The molecule has 0 atom stereocenters. The summed E-state index contributed by atoms with van der Waals surface area (Å²) < 4.78 is 5.32. The van der Waals surface area contributed by atoms with Crippen molar-refractivity contribution in [2.45, 2.75) is 19.9 Å². The van der Waals surface area contributed by atoms with E-state index in [2.05, 4.69) is 24.0 Å². The van der Waals surface area contributed by atoms with Crippen LogP contribution in [0.2, 0.25) is 0 Å². The number of benzene rings is 1. The van der Waals surface area contributed by atoms with E-state index >= 15 is 0 Å². The molecular weight excluding hydrogens is 320 g/mol. The summed E-state index contributed by atoms with van der Waals surface area (Å²) in [6.07, 6.45) is 0.537. The van der Waals surface area contributed by atoms with Gasteiger partial charge >= 0.3 is 0 Å². The molecule has 2 aromatic rings. The van der Waals surface area contributed by atoms with Crippen LogP contribution in [0.3, 0.4) is 0 Å². The third-order valence-electron chi connectivity index (χ3n) is 4.50. The predicted octanol–water partition coefficient (Wildman–Crippen LogP) is 2.95. The molecule has 0 unspecified atom stereocenters. The van der Waals surface area contributed by atoms with Crippen molar-refractivity contribution in [3.05, 3.63) is 51.7 Å². The number of rotatable bonds is 5. The summed E-state index contributed by atoms with van der Waals surface area (Å²) in [4.78, 5) is 17.9. The number of ether oxygens (including phenoxy) is 1. The van der Waals surface area contributed by atoms with Crippen molar-refractivity contribution in [2.75, 3.05) is 33.3 Å². The Kier molecular flexibility index (Phi) is 5.53. The molecular formula is C19H24N2O2S. The zero-order chi connectivity index (χ0) is 16.9. The highest BCUT2D eigenvalue weighted by atomic mass is 32.1. The SMILES string of the molecule is COc1ccc(CN2CCN(C(=O)Cc3cccs3)CC2)cc1C. The minimum Gasteiger partial charge on any atom is -0.496 e. The molecule has 0 aliphatic carbocycles. The van der Waals surface area contributed by atoms with E-state index in [0.29, 0.717) is 6.42 Å². The van der Waals surface area contributed by atoms with E-state index in [9.17, 15) is 4.79 Å². The number of methoxy groups -OCH3 is 1. The molecule has 1 aromatic heterocycles. The second kappa shape index (κ2) is 7.81. The van der Waals surface area contributed by atoms with Crippen LogP contribution < -0.4 is 4.74 Å². The van der Waals surface area contributed by atoms with Crippen LogP contribution in [0, 0.1) is 6.92 Å². The topological polar surface area (TPSA) is 32.8 Å². The maximum atomic E-state index is 12.3. The van der Waals surface area contributed by atoms with E-state index < -0.39 is 0 Å². The molecule has 2 heterocycles. The lowest BCUT2D eigenvalue weighted by molar-refractivity contribution is -0.132. The molecule has 0 saturated carbocycles. The molecule has 5 heteroatoms. The van der Waals surface area contributed by atoms with E-state index in [0.717, 1.165) is 43.4 Å². The first-order valence-electron chi connectivity index (χ1n) is 8.32. The summed E-state index contributed by atoms with van der Waals surface area (Å²) in [6.45, 7) is 6.50. The number of hydrogen-bond acceptors (Lipinski definition) is 4. The highest BCUT2D eigenvalue weighted by molar-refractivity contribution is 7.10. The number of aryl methyl sites for hydroxylation is 1. The summed E-state index contributed by atoms with van der Waals surface area (Å²) in [6, 6.07) is 10.4. The summed E-state index contributed by atoms with van der Waals surface area (Å²) in [5, 5.41) is 2.03. The van der Waals surface area contributed by atoms with Crippen LogP contribution in [0.15, 0.2) is 35.7 Å². The van der Waals surface area contributed by atoms with E-state index in [4.69, 9.17) is 4.74 Å². The molecule has 1 aliphatic rings. The number of amides is 1. The number of piperazine rings is 1. The molecule has 3 rings (SSSR count). The van der Waals surface area contributed by atoms with Crippen molar-refractivity contribution < 1.29 is 9.53 Å². The first-order valence-corrected chi connectivity index (χ1v) is 9.19. The molecule has 1 saturated heterocycles. The average Bonchev–Trinajstić information content (AvgIpc) is 3.08. The van der Waals surface area contributed by atoms with E-state index in [1.165, 1.54) is 11.1 Å². The van der Waals surface area contributed by atoms with Gasteiger partial charge in [-0.1, -0.05) is 18.2 Å². The van der Waals surface area contributed by atoms with E-state index in [1.54, 1.807) is 18.4 Å². The third kappa shape index (κ3) is 4.16. The fourth-order valence-electron chi connectivity index (χ4n) is 3.13. The Morgan fingerprint density at radius 1 is 1.21 bits per heavy atom. The lowest BCUT2D eigenvalue weighted by Crippen LogP contribution is -2.48.